The van der Waals surface area contributed by atoms with E-state index in [2.05, 4.69) is 4.98 Å². The zero-order valence-electron chi connectivity index (χ0n) is 16.1. The third-order valence-electron chi connectivity index (χ3n) is 4.18. The van der Waals surface area contributed by atoms with Crippen LogP contribution in [0.4, 0.5) is 5.82 Å². The second-order valence-corrected chi connectivity index (χ2v) is 9.22. The maximum atomic E-state index is 12.3. The Kier molecular flexibility index (Phi) is 7.18. The minimum atomic E-state index is -4.18. The molecule has 0 amide bonds. The molecule has 0 aromatic carbocycles. The summed E-state index contributed by atoms with van der Waals surface area (Å²) in [4.78, 5) is 28.2. The van der Waals surface area contributed by atoms with Gasteiger partial charge in [-0.3, -0.25) is 4.57 Å². The molecule has 27 heavy (non-hydrogen) atoms. The Labute approximate surface area is 158 Å². The van der Waals surface area contributed by atoms with E-state index in [1.54, 1.807) is 0 Å². The number of ether oxygens (including phenoxy) is 3. The van der Waals surface area contributed by atoms with E-state index < -0.39 is 43.5 Å². The van der Waals surface area contributed by atoms with Crippen LogP contribution in [0.3, 0.4) is 0 Å². The fraction of sp³-hybridized carbons (Fsp3) is 0.750. The molecule has 1 aromatic heterocycles. The Hall–Kier alpha value is -1.29. The van der Waals surface area contributed by atoms with Gasteiger partial charge in [-0.2, -0.15) is 4.98 Å². The molecule has 1 aliphatic heterocycles. The summed E-state index contributed by atoms with van der Waals surface area (Å²) in [5, 5.41) is 0. The second-order valence-electron chi connectivity index (χ2n) is 6.89. The van der Waals surface area contributed by atoms with Crippen molar-refractivity contribution in [1.82, 2.24) is 9.55 Å². The summed E-state index contributed by atoms with van der Waals surface area (Å²) in [6.07, 6.45) is -2.21. The SMILES string of the molecule is COC1[C@@H](OP(=O)([O-])C(C)C)[C@@H](COC(C)C)O[C@H]1n1ccc(N)nc1=O. The highest BCUT2D eigenvalue weighted by Gasteiger charge is 2.49. The van der Waals surface area contributed by atoms with E-state index in [4.69, 9.17) is 24.5 Å². The maximum Gasteiger partial charge on any atom is 0.351 e. The van der Waals surface area contributed by atoms with Crippen LogP contribution in [0.25, 0.3) is 0 Å². The quantitative estimate of drug-likeness (QED) is 0.614. The molecule has 0 aliphatic carbocycles. The Bertz CT molecular complexity index is 739. The fourth-order valence-electron chi connectivity index (χ4n) is 2.64. The molecule has 10 nitrogen and oxygen atoms in total. The van der Waals surface area contributed by atoms with E-state index in [0.717, 1.165) is 0 Å². The van der Waals surface area contributed by atoms with Gasteiger partial charge in [0, 0.05) is 19.0 Å². The van der Waals surface area contributed by atoms with Crippen molar-refractivity contribution in [3.8, 4) is 0 Å². The number of rotatable bonds is 8. The molecular weight excluding hydrogens is 377 g/mol. The van der Waals surface area contributed by atoms with Crippen molar-refractivity contribution in [2.45, 2.75) is 64.0 Å². The molecule has 2 heterocycles. The van der Waals surface area contributed by atoms with Gasteiger partial charge in [-0.15, -0.1) is 0 Å². The van der Waals surface area contributed by atoms with Gasteiger partial charge in [0.2, 0.25) is 0 Å². The van der Waals surface area contributed by atoms with Gasteiger partial charge in [0.15, 0.2) is 6.23 Å². The van der Waals surface area contributed by atoms with Gasteiger partial charge in [0.05, 0.1) is 12.7 Å². The Morgan fingerprint density at radius 1 is 1.37 bits per heavy atom. The lowest BCUT2D eigenvalue weighted by Gasteiger charge is -2.33. The van der Waals surface area contributed by atoms with Crippen molar-refractivity contribution in [2.24, 2.45) is 0 Å². The molecule has 0 bridgehead atoms. The molecule has 2 N–H and O–H groups in total. The molecular formula is C16H27N3O7P-. The summed E-state index contributed by atoms with van der Waals surface area (Å²) in [7, 11) is -2.78. The van der Waals surface area contributed by atoms with Crippen molar-refractivity contribution in [3.05, 3.63) is 22.7 Å². The summed E-state index contributed by atoms with van der Waals surface area (Å²) in [6.45, 7) is 6.82. The van der Waals surface area contributed by atoms with Gasteiger partial charge < -0.3 is 33.9 Å². The number of hydrogen-bond donors (Lipinski definition) is 1. The average Bonchev–Trinajstić information content (AvgIpc) is 2.89. The van der Waals surface area contributed by atoms with Gasteiger partial charge in [-0.25, -0.2) is 4.79 Å². The number of nitrogens with zero attached hydrogens (tertiary/aromatic N) is 2. The van der Waals surface area contributed by atoms with Crippen molar-refractivity contribution < 1.29 is 28.2 Å². The second kappa shape index (κ2) is 8.81. The van der Waals surface area contributed by atoms with Crippen LogP contribution in [0.15, 0.2) is 17.1 Å². The summed E-state index contributed by atoms with van der Waals surface area (Å²) in [5.74, 6) is 0.0690. The minimum Gasteiger partial charge on any atom is -0.778 e. The first kappa shape index (κ1) is 22.0. The van der Waals surface area contributed by atoms with Crippen LogP contribution in [-0.2, 0) is 23.3 Å². The molecule has 11 heteroatoms. The Balaban J connectivity index is 2.37. The van der Waals surface area contributed by atoms with Crippen LogP contribution in [0.2, 0.25) is 0 Å². The molecule has 0 radical (unpaired) electrons. The number of aromatic nitrogens is 2. The molecule has 5 atom stereocenters. The number of nitrogen functional groups attached to an aromatic ring is 1. The molecule has 1 fully saturated rings. The largest absolute Gasteiger partial charge is 0.778 e. The molecule has 2 rings (SSSR count). The van der Waals surface area contributed by atoms with E-state index >= 15 is 0 Å². The zero-order chi connectivity index (χ0) is 20.4. The number of methoxy groups -OCH3 is 1. The first-order chi connectivity index (χ1) is 12.6. The minimum absolute atomic E-state index is 0.0690. The first-order valence-electron chi connectivity index (χ1n) is 8.70. The van der Waals surface area contributed by atoms with Crippen molar-refractivity contribution in [3.63, 3.8) is 0 Å². The molecule has 1 aliphatic rings. The summed E-state index contributed by atoms with van der Waals surface area (Å²) in [5.41, 5.74) is 4.17. The molecule has 0 saturated carbocycles. The maximum absolute atomic E-state index is 12.3. The normalized spacial score (nSPS) is 28.0. The van der Waals surface area contributed by atoms with E-state index in [9.17, 15) is 14.3 Å². The summed E-state index contributed by atoms with van der Waals surface area (Å²) >= 11 is 0. The van der Waals surface area contributed by atoms with Gasteiger partial charge >= 0.3 is 5.69 Å². The number of hydrogen-bond acceptors (Lipinski definition) is 9. The average molecular weight is 404 g/mol. The van der Waals surface area contributed by atoms with Crippen LogP contribution in [-0.4, -0.2) is 53.3 Å². The van der Waals surface area contributed by atoms with Crippen LogP contribution < -0.4 is 16.3 Å². The Morgan fingerprint density at radius 2 is 2.04 bits per heavy atom. The van der Waals surface area contributed by atoms with Crippen LogP contribution in [0, 0.1) is 0 Å². The first-order valence-corrected chi connectivity index (χ1v) is 10.3. The summed E-state index contributed by atoms with van der Waals surface area (Å²) < 4.78 is 35.9. The molecule has 2 unspecified atom stereocenters. The lowest BCUT2D eigenvalue weighted by atomic mass is 10.1. The van der Waals surface area contributed by atoms with E-state index in [1.807, 2.05) is 13.8 Å². The van der Waals surface area contributed by atoms with Gasteiger partial charge in [0.1, 0.15) is 31.7 Å². The predicted octanol–water partition coefficient (Wildman–Crippen LogP) is 0.510. The third-order valence-corrected chi connectivity index (χ3v) is 5.98. The molecule has 0 spiro atoms. The van der Waals surface area contributed by atoms with E-state index in [-0.39, 0.29) is 18.5 Å². The number of anilines is 1. The topological polar surface area (TPSA) is 138 Å². The lowest BCUT2D eigenvalue weighted by Crippen LogP contribution is -2.40. The fourth-order valence-corrected chi connectivity index (χ4v) is 3.48. The van der Waals surface area contributed by atoms with Crippen LogP contribution >= 0.6 is 7.60 Å². The molecule has 154 valence electrons. The van der Waals surface area contributed by atoms with Crippen molar-refractivity contribution >= 4 is 13.4 Å². The highest BCUT2D eigenvalue weighted by atomic mass is 31.2. The highest BCUT2D eigenvalue weighted by molar-refractivity contribution is 7.52. The van der Waals surface area contributed by atoms with E-state index in [0.29, 0.717) is 0 Å². The third kappa shape index (κ3) is 5.16. The van der Waals surface area contributed by atoms with Crippen molar-refractivity contribution in [2.75, 3.05) is 19.5 Å². The Morgan fingerprint density at radius 3 is 2.56 bits per heavy atom. The van der Waals surface area contributed by atoms with E-state index in [1.165, 1.54) is 37.8 Å². The van der Waals surface area contributed by atoms with Crippen LogP contribution in [0.1, 0.15) is 33.9 Å². The molecule has 1 aromatic rings. The van der Waals surface area contributed by atoms with Crippen molar-refractivity contribution in [1.29, 1.82) is 0 Å². The smallest absolute Gasteiger partial charge is 0.351 e. The predicted molar refractivity (Wildman–Crippen MR) is 96.3 cm³/mol. The standard InChI is InChI=1S/C16H28N3O7P/c1-9(2)24-8-11-13(26-27(21,22)10(3)4)14(23-5)15(25-11)19-7-6-12(17)18-16(19)20/h6-7,9-11,13-15H,8H2,1-5H3,(H,21,22)(H2,17,18,20)/p-1/t11-,13+,14?,15-/m1/s1. The van der Waals surface area contributed by atoms with Gasteiger partial charge in [-0.1, -0.05) is 13.8 Å². The lowest BCUT2D eigenvalue weighted by molar-refractivity contribution is -0.209. The highest BCUT2D eigenvalue weighted by Crippen LogP contribution is 2.48. The van der Waals surface area contributed by atoms with Gasteiger partial charge in [-0.05, 0) is 19.9 Å². The zero-order valence-corrected chi connectivity index (χ0v) is 17.0. The van der Waals surface area contributed by atoms with Gasteiger partial charge in [0.25, 0.3) is 0 Å². The monoisotopic (exact) mass is 404 g/mol. The molecule has 1 saturated heterocycles. The summed E-state index contributed by atoms with van der Waals surface area (Å²) in [6, 6.07) is 1.44. The number of nitrogens with two attached hydrogens (primary N) is 1. The van der Waals surface area contributed by atoms with Crippen LogP contribution in [0.5, 0.6) is 0 Å².